The molecule has 2 heterocycles. The number of hydrogen-bond donors (Lipinski definition) is 3. The number of carbonyl (C=O) groups is 1. The normalized spacial score (nSPS) is 12.2. The SMILES string of the molecule is CN=C(N)NC(=O)c1cc2c(C(F)(F)F)cc(Oc3cccnc3)cc2[nH]1. The number of guanidine groups is 1. The Kier molecular flexibility index (Phi) is 4.72. The summed E-state index contributed by atoms with van der Waals surface area (Å²) in [7, 11) is 1.37. The molecule has 0 aliphatic rings. The molecule has 0 saturated heterocycles. The van der Waals surface area contributed by atoms with Gasteiger partial charge >= 0.3 is 6.18 Å². The van der Waals surface area contributed by atoms with E-state index in [1.165, 1.54) is 25.5 Å². The lowest BCUT2D eigenvalue weighted by Gasteiger charge is -2.11. The van der Waals surface area contributed by atoms with Gasteiger partial charge in [0.15, 0.2) is 5.96 Å². The predicted molar refractivity (Wildman–Crippen MR) is 92.6 cm³/mol. The van der Waals surface area contributed by atoms with Crippen LogP contribution in [0, 0.1) is 0 Å². The van der Waals surface area contributed by atoms with Crippen molar-refractivity contribution in [2.24, 2.45) is 10.7 Å². The average Bonchev–Trinajstić information content (AvgIpc) is 3.05. The summed E-state index contributed by atoms with van der Waals surface area (Å²) in [6, 6.07) is 6.49. The Morgan fingerprint density at radius 1 is 1.30 bits per heavy atom. The van der Waals surface area contributed by atoms with Gasteiger partial charge in [0.05, 0.1) is 17.3 Å². The second-order valence-electron chi connectivity index (χ2n) is 5.47. The molecule has 0 spiro atoms. The first-order valence-corrected chi connectivity index (χ1v) is 7.63. The number of rotatable bonds is 3. The number of nitrogens with one attached hydrogen (secondary N) is 2. The fourth-order valence-electron chi connectivity index (χ4n) is 2.41. The van der Waals surface area contributed by atoms with Gasteiger partial charge in [0, 0.05) is 24.7 Å². The second-order valence-corrected chi connectivity index (χ2v) is 5.47. The van der Waals surface area contributed by atoms with E-state index in [-0.39, 0.29) is 34.1 Å². The lowest BCUT2D eigenvalue weighted by Crippen LogP contribution is -2.36. The molecule has 3 rings (SSSR count). The fraction of sp³-hybridized carbons (Fsp3) is 0.118. The van der Waals surface area contributed by atoms with Crippen LogP contribution < -0.4 is 15.8 Å². The van der Waals surface area contributed by atoms with Crippen LogP contribution in [0.3, 0.4) is 0 Å². The van der Waals surface area contributed by atoms with Gasteiger partial charge in [-0.2, -0.15) is 13.2 Å². The molecule has 0 unspecified atom stereocenters. The van der Waals surface area contributed by atoms with Crippen molar-refractivity contribution in [3.63, 3.8) is 0 Å². The number of aromatic amines is 1. The number of benzene rings is 1. The van der Waals surface area contributed by atoms with Crippen LogP contribution in [0.5, 0.6) is 11.5 Å². The zero-order valence-electron chi connectivity index (χ0n) is 14.0. The van der Waals surface area contributed by atoms with Crippen LogP contribution in [0.2, 0.25) is 0 Å². The van der Waals surface area contributed by atoms with Crippen LogP contribution in [0.25, 0.3) is 10.9 Å². The minimum Gasteiger partial charge on any atom is -0.456 e. The molecule has 0 aliphatic carbocycles. The summed E-state index contributed by atoms with van der Waals surface area (Å²) in [5.41, 5.74) is 4.46. The van der Waals surface area contributed by atoms with Crippen LogP contribution in [-0.4, -0.2) is 28.9 Å². The van der Waals surface area contributed by atoms with Crippen molar-refractivity contribution in [2.75, 3.05) is 7.05 Å². The van der Waals surface area contributed by atoms with Gasteiger partial charge in [-0.1, -0.05) is 0 Å². The molecule has 0 fully saturated rings. The molecule has 140 valence electrons. The van der Waals surface area contributed by atoms with Gasteiger partial charge in [-0.15, -0.1) is 0 Å². The second kappa shape index (κ2) is 6.98. The Balaban J connectivity index is 2.06. The molecular weight excluding hydrogens is 363 g/mol. The highest BCUT2D eigenvalue weighted by molar-refractivity contribution is 6.07. The molecule has 0 atom stereocenters. The van der Waals surface area contributed by atoms with Gasteiger partial charge in [0.2, 0.25) is 0 Å². The molecule has 7 nitrogen and oxygen atoms in total. The van der Waals surface area contributed by atoms with Gasteiger partial charge in [-0.25, -0.2) is 0 Å². The Bertz CT molecular complexity index is 1010. The molecule has 1 amide bonds. The third-order valence-electron chi connectivity index (χ3n) is 3.61. The van der Waals surface area contributed by atoms with Crippen molar-refractivity contribution in [1.29, 1.82) is 0 Å². The van der Waals surface area contributed by atoms with Gasteiger partial charge in [-0.3, -0.25) is 20.1 Å². The maximum Gasteiger partial charge on any atom is 0.417 e. The number of aliphatic imine (C=N–C) groups is 1. The van der Waals surface area contributed by atoms with Crippen LogP contribution >= 0.6 is 0 Å². The third kappa shape index (κ3) is 4.00. The number of ether oxygens (including phenoxy) is 1. The first-order valence-electron chi connectivity index (χ1n) is 7.63. The number of aromatic nitrogens is 2. The van der Waals surface area contributed by atoms with Gasteiger partial charge in [0.1, 0.15) is 17.2 Å². The van der Waals surface area contributed by atoms with Crippen LogP contribution in [0.15, 0.2) is 47.7 Å². The van der Waals surface area contributed by atoms with Crippen molar-refractivity contribution >= 4 is 22.8 Å². The highest BCUT2D eigenvalue weighted by Crippen LogP contribution is 2.38. The lowest BCUT2D eigenvalue weighted by atomic mass is 10.1. The quantitative estimate of drug-likeness (QED) is 0.482. The molecule has 27 heavy (non-hydrogen) atoms. The number of hydrogen-bond acceptors (Lipinski definition) is 4. The molecule has 10 heteroatoms. The minimum absolute atomic E-state index is 0.0498. The van der Waals surface area contributed by atoms with Crippen molar-refractivity contribution in [2.45, 2.75) is 6.18 Å². The zero-order chi connectivity index (χ0) is 19.6. The Morgan fingerprint density at radius 3 is 2.70 bits per heavy atom. The number of nitrogens with zero attached hydrogens (tertiary/aromatic N) is 2. The number of pyridine rings is 1. The first kappa shape index (κ1) is 18.2. The van der Waals surface area contributed by atoms with Crippen LogP contribution in [0.4, 0.5) is 13.2 Å². The number of nitrogens with two attached hydrogens (primary N) is 1. The van der Waals surface area contributed by atoms with Crippen molar-refractivity contribution in [3.05, 3.63) is 54.0 Å². The Hall–Kier alpha value is -3.56. The average molecular weight is 377 g/mol. The van der Waals surface area contributed by atoms with E-state index in [1.54, 1.807) is 12.1 Å². The molecule has 0 bridgehead atoms. The van der Waals surface area contributed by atoms with E-state index in [0.717, 1.165) is 12.1 Å². The summed E-state index contributed by atoms with van der Waals surface area (Å²) >= 11 is 0. The maximum atomic E-state index is 13.5. The molecule has 0 aliphatic heterocycles. The number of H-pyrrole nitrogens is 1. The van der Waals surface area contributed by atoms with E-state index in [2.05, 4.69) is 20.3 Å². The highest BCUT2D eigenvalue weighted by atomic mass is 19.4. The number of halogens is 3. The summed E-state index contributed by atoms with van der Waals surface area (Å²) < 4.78 is 45.9. The molecule has 3 aromatic rings. The number of amides is 1. The zero-order valence-corrected chi connectivity index (χ0v) is 14.0. The summed E-state index contributed by atoms with van der Waals surface area (Å²) in [5, 5.41) is 2.09. The van der Waals surface area contributed by atoms with Gasteiger partial charge in [0.25, 0.3) is 5.91 Å². The van der Waals surface area contributed by atoms with Crippen molar-refractivity contribution in [3.8, 4) is 11.5 Å². The Labute approximate surface area is 151 Å². The van der Waals surface area contributed by atoms with Crippen LogP contribution in [0.1, 0.15) is 16.1 Å². The summed E-state index contributed by atoms with van der Waals surface area (Å²) in [5.74, 6) is -0.639. The molecular formula is C17H14F3N5O2. The molecule has 2 aromatic heterocycles. The van der Waals surface area contributed by atoms with E-state index >= 15 is 0 Å². The van der Waals surface area contributed by atoms with E-state index in [0.29, 0.717) is 0 Å². The number of fused-ring (bicyclic) bond motifs is 1. The van der Waals surface area contributed by atoms with E-state index in [9.17, 15) is 18.0 Å². The number of alkyl halides is 3. The smallest absolute Gasteiger partial charge is 0.417 e. The molecule has 0 saturated carbocycles. The van der Waals surface area contributed by atoms with Gasteiger partial charge < -0.3 is 15.5 Å². The van der Waals surface area contributed by atoms with Crippen molar-refractivity contribution in [1.82, 2.24) is 15.3 Å². The van der Waals surface area contributed by atoms with Crippen molar-refractivity contribution < 1.29 is 22.7 Å². The van der Waals surface area contributed by atoms with E-state index in [4.69, 9.17) is 10.5 Å². The topological polar surface area (TPSA) is 105 Å². The maximum absolute atomic E-state index is 13.5. The minimum atomic E-state index is -4.65. The number of carbonyl (C=O) groups excluding carboxylic acids is 1. The molecule has 0 radical (unpaired) electrons. The molecule has 4 N–H and O–H groups in total. The largest absolute Gasteiger partial charge is 0.456 e. The fourth-order valence-corrected chi connectivity index (χ4v) is 2.41. The first-order chi connectivity index (χ1) is 12.8. The van der Waals surface area contributed by atoms with Crippen LogP contribution in [-0.2, 0) is 6.18 Å². The highest BCUT2D eigenvalue weighted by Gasteiger charge is 2.34. The third-order valence-corrected chi connectivity index (χ3v) is 3.61. The van der Waals surface area contributed by atoms with Gasteiger partial charge in [-0.05, 0) is 24.3 Å². The van der Waals surface area contributed by atoms with E-state index in [1.807, 2.05) is 0 Å². The monoisotopic (exact) mass is 377 g/mol. The lowest BCUT2D eigenvalue weighted by molar-refractivity contribution is -0.136. The Morgan fingerprint density at radius 2 is 2.07 bits per heavy atom. The standard InChI is InChI=1S/C17H14F3N5O2/c1-22-16(21)25-15(26)14-7-11-12(17(18,19)20)5-10(6-13(11)24-14)27-9-3-2-4-23-8-9/h2-8,24H,1H3,(H3,21,22,25,26). The summed E-state index contributed by atoms with van der Waals surface area (Å²) in [4.78, 5) is 22.2. The van der Waals surface area contributed by atoms with E-state index < -0.39 is 17.6 Å². The predicted octanol–water partition coefficient (Wildman–Crippen LogP) is 3.05. The summed E-state index contributed by atoms with van der Waals surface area (Å²) in [6.07, 6.45) is -1.76. The summed E-state index contributed by atoms with van der Waals surface area (Å²) in [6.45, 7) is 0. The molecule has 1 aromatic carbocycles.